The van der Waals surface area contributed by atoms with Gasteiger partial charge in [0.2, 0.25) is 11.8 Å². The predicted molar refractivity (Wildman–Crippen MR) is 151 cm³/mol. The van der Waals surface area contributed by atoms with Crippen LogP contribution in [-0.4, -0.2) is 66.4 Å². The topological polar surface area (TPSA) is 55.9 Å². The Balaban J connectivity index is 1.53. The number of benzene rings is 2. The van der Waals surface area contributed by atoms with Crippen LogP contribution in [0.2, 0.25) is 0 Å². The van der Waals surface area contributed by atoms with E-state index in [0.717, 1.165) is 17.3 Å². The van der Waals surface area contributed by atoms with Crippen molar-refractivity contribution in [3.05, 3.63) is 64.2 Å². The van der Waals surface area contributed by atoms with Crippen molar-refractivity contribution < 1.29 is 18.4 Å². The molecule has 0 spiro atoms. The van der Waals surface area contributed by atoms with E-state index in [1.54, 1.807) is 0 Å². The average molecular weight is 541 g/mol. The number of piperazine rings is 1. The van der Waals surface area contributed by atoms with E-state index in [9.17, 15) is 18.4 Å². The lowest BCUT2D eigenvalue weighted by Gasteiger charge is -2.39. The van der Waals surface area contributed by atoms with Gasteiger partial charge >= 0.3 is 0 Å². The summed E-state index contributed by atoms with van der Waals surface area (Å²) in [6.07, 6.45) is 0. The van der Waals surface area contributed by atoms with Crippen molar-refractivity contribution in [2.24, 2.45) is 5.92 Å². The maximum Gasteiger partial charge on any atom is 0.227 e. The van der Waals surface area contributed by atoms with Gasteiger partial charge in [-0.15, -0.1) is 0 Å². The van der Waals surface area contributed by atoms with E-state index in [1.165, 1.54) is 30.2 Å². The Hall–Kier alpha value is -3.00. The zero-order chi connectivity index (χ0) is 28.6. The molecular formula is C31H42F2N4O2. The summed E-state index contributed by atoms with van der Waals surface area (Å²) in [5.74, 6) is -1.97. The molecule has 0 bridgehead atoms. The largest absolute Gasteiger partial charge is 0.368 e. The molecule has 0 radical (unpaired) electrons. The minimum Gasteiger partial charge on any atom is -0.368 e. The van der Waals surface area contributed by atoms with Gasteiger partial charge in [-0.3, -0.25) is 14.5 Å². The second-order valence-corrected chi connectivity index (χ2v) is 12.2. The van der Waals surface area contributed by atoms with Gasteiger partial charge in [0.1, 0.15) is 11.6 Å². The SMILES string of the molecule is CC(=O)NC(C)c1cc(C)c(C)cc1N1CCN(C(=O)[C@@H]2CN(C(C)(C)C)C[C@@H]2c2ccc(F)cc2F)CC1. The lowest BCUT2D eigenvalue weighted by Crippen LogP contribution is -2.51. The highest BCUT2D eigenvalue weighted by Crippen LogP contribution is 2.39. The molecule has 2 aliphatic rings. The van der Waals surface area contributed by atoms with Crippen LogP contribution in [0.3, 0.4) is 0 Å². The van der Waals surface area contributed by atoms with Gasteiger partial charge in [0.05, 0.1) is 12.0 Å². The third-order valence-electron chi connectivity index (χ3n) is 8.41. The normalized spacial score (nSPS) is 21.3. The first kappa shape index (κ1) is 29.0. The van der Waals surface area contributed by atoms with Crippen molar-refractivity contribution in [3.8, 4) is 0 Å². The summed E-state index contributed by atoms with van der Waals surface area (Å²) in [4.78, 5) is 32.1. The van der Waals surface area contributed by atoms with E-state index in [-0.39, 0.29) is 29.3 Å². The van der Waals surface area contributed by atoms with Gasteiger partial charge in [0.15, 0.2) is 0 Å². The number of hydrogen-bond donors (Lipinski definition) is 1. The van der Waals surface area contributed by atoms with Crippen LogP contribution < -0.4 is 10.2 Å². The number of likely N-dealkylation sites (tertiary alicyclic amines) is 1. The first-order chi connectivity index (χ1) is 18.3. The first-order valence-corrected chi connectivity index (χ1v) is 13.9. The average Bonchev–Trinajstić information content (AvgIpc) is 3.30. The predicted octanol–water partition coefficient (Wildman–Crippen LogP) is 4.94. The molecule has 2 fully saturated rings. The number of nitrogens with one attached hydrogen (secondary N) is 1. The molecule has 2 aromatic rings. The van der Waals surface area contributed by atoms with E-state index in [2.05, 4.69) is 61.9 Å². The molecule has 1 unspecified atom stereocenters. The summed E-state index contributed by atoms with van der Waals surface area (Å²) < 4.78 is 28.5. The van der Waals surface area contributed by atoms with Crippen LogP contribution in [0.5, 0.6) is 0 Å². The van der Waals surface area contributed by atoms with E-state index < -0.39 is 17.6 Å². The quantitative estimate of drug-likeness (QED) is 0.584. The number of nitrogens with zero attached hydrogens (tertiary/aromatic N) is 3. The number of carbonyl (C=O) groups is 2. The molecule has 39 heavy (non-hydrogen) atoms. The molecule has 2 aliphatic heterocycles. The summed E-state index contributed by atoms with van der Waals surface area (Å²) >= 11 is 0. The van der Waals surface area contributed by atoms with Crippen molar-refractivity contribution >= 4 is 17.5 Å². The van der Waals surface area contributed by atoms with Crippen LogP contribution in [0, 0.1) is 31.4 Å². The zero-order valence-electron chi connectivity index (χ0n) is 24.3. The molecule has 2 saturated heterocycles. The molecule has 0 aliphatic carbocycles. The molecule has 4 rings (SSSR count). The second-order valence-electron chi connectivity index (χ2n) is 12.2. The van der Waals surface area contributed by atoms with Gasteiger partial charge in [0.25, 0.3) is 0 Å². The maximum absolute atomic E-state index is 14.9. The number of aryl methyl sites for hydroxylation is 2. The fraction of sp³-hybridized carbons (Fsp3) is 0.548. The Morgan fingerprint density at radius 2 is 1.62 bits per heavy atom. The highest BCUT2D eigenvalue weighted by molar-refractivity contribution is 5.81. The molecule has 2 heterocycles. The minimum atomic E-state index is -0.612. The number of amides is 2. The molecular weight excluding hydrogens is 498 g/mol. The standard InChI is InChI=1S/C31H42F2N4O2/c1-19-14-25(21(3)34-22(4)38)29(15-20(19)2)35-10-12-36(13-11-35)30(39)27-18-37(31(5,6)7)17-26(27)24-9-8-23(32)16-28(24)33/h8-9,14-16,21,26-27H,10-13,17-18H2,1-7H3,(H,34,38)/t21?,26-,27-/m1/s1. The van der Waals surface area contributed by atoms with Crippen molar-refractivity contribution in [1.29, 1.82) is 0 Å². The van der Waals surface area contributed by atoms with E-state index in [0.29, 0.717) is 44.8 Å². The Bertz CT molecular complexity index is 1230. The smallest absolute Gasteiger partial charge is 0.227 e. The Morgan fingerprint density at radius 3 is 2.21 bits per heavy atom. The number of rotatable bonds is 5. The van der Waals surface area contributed by atoms with Crippen LogP contribution in [0.1, 0.15) is 68.8 Å². The van der Waals surface area contributed by atoms with Crippen LogP contribution in [0.4, 0.5) is 14.5 Å². The minimum absolute atomic E-state index is 0.0297. The summed E-state index contributed by atoms with van der Waals surface area (Å²) in [5.41, 5.74) is 4.73. The Labute approximate surface area is 231 Å². The van der Waals surface area contributed by atoms with Crippen molar-refractivity contribution in [2.75, 3.05) is 44.2 Å². The van der Waals surface area contributed by atoms with E-state index in [1.807, 2.05) is 11.8 Å². The van der Waals surface area contributed by atoms with Gasteiger partial charge in [-0.25, -0.2) is 8.78 Å². The fourth-order valence-corrected chi connectivity index (χ4v) is 5.95. The first-order valence-electron chi connectivity index (χ1n) is 13.9. The molecule has 3 atom stereocenters. The van der Waals surface area contributed by atoms with E-state index in [4.69, 9.17) is 0 Å². The molecule has 0 aromatic heterocycles. The summed E-state index contributed by atoms with van der Waals surface area (Å²) in [6, 6.07) is 7.87. The molecule has 2 amide bonds. The third kappa shape index (κ3) is 6.26. The highest BCUT2D eigenvalue weighted by Gasteiger charge is 2.44. The molecule has 2 aromatic carbocycles. The number of anilines is 1. The van der Waals surface area contributed by atoms with Crippen LogP contribution in [-0.2, 0) is 9.59 Å². The van der Waals surface area contributed by atoms with Gasteiger partial charge in [-0.1, -0.05) is 12.1 Å². The summed E-state index contributed by atoms with van der Waals surface area (Å²) in [7, 11) is 0. The summed E-state index contributed by atoms with van der Waals surface area (Å²) in [5, 5.41) is 3.01. The number of carbonyl (C=O) groups excluding carboxylic acids is 2. The van der Waals surface area contributed by atoms with Gasteiger partial charge in [0, 0.05) is 69.4 Å². The lowest BCUT2D eigenvalue weighted by molar-refractivity contribution is -0.136. The molecule has 8 heteroatoms. The monoisotopic (exact) mass is 540 g/mol. The molecule has 212 valence electrons. The Kier molecular flexibility index (Phi) is 8.36. The number of halogens is 2. The van der Waals surface area contributed by atoms with Crippen LogP contribution in [0.15, 0.2) is 30.3 Å². The summed E-state index contributed by atoms with van der Waals surface area (Å²) in [6.45, 7) is 17.5. The van der Waals surface area contributed by atoms with Gasteiger partial charge < -0.3 is 15.1 Å². The highest BCUT2D eigenvalue weighted by atomic mass is 19.1. The van der Waals surface area contributed by atoms with Crippen LogP contribution in [0.25, 0.3) is 0 Å². The third-order valence-corrected chi connectivity index (χ3v) is 8.41. The molecule has 1 N–H and O–H groups in total. The molecule has 6 nitrogen and oxygen atoms in total. The van der Waals surface area contributed by atoms with Crippen molar-refractivity contribution in [2.45, 2.75) is 66.0 Å². The zero-order valence-corrected chi connectivity index (χ0v) is 24.3. The number of hydrogen-bond acceptors (Lipinski definition) is 4. The fourth-order valence-electron chi connectivity index (χ4n) is 5.95. The van der Waals surface area contributed by atoms with Crippen LogP contribution >= 0.6 is 0 Å². The molecule has 0 saturated carbocycles. The Morgan fingerprint density at radius 1 is 0.974 bits per heavy atom. The second kappa shape index (κ2) is 11.2. The van der Waals surface area contributed by atoms with E-state index >= 15 is 0 Å². The maximum atomic E-state index is 14.9. The lowest BCUT2D eigenvalue weighted by atomic mass is 9.87. The van der Waals surface area contributed by atoms with Gasteiger partial charge in [-0.2, -0.15) is 0 Å². The van der Waals surface area contributed by atoms with Crippen molar-refractivity contribution in [1.82, 2.24) is 15.1 Å². The van der Waals surface area contributed by atoms with Gasteiger partial charge in [-0.05, 0) is 75.9 Å². The van der Waals surface area contributed by atoms with Crippen molar-refractivity contribution in [3.63, 3.8) is 0 Å².